The second-order valence-electron chi connectivity index (χ2n) is 7.05. The SMILES string of the molecule is C=CCNC(=O)c1cc(-c2csc(COc3cc(Cl)cc(Cl)c3)n2)n(CCCC)c1C. The first-order valence-corrected chi connectivity index (χ1v) is 11.7. The van der Waals surface area contributed by atoms with Gasteiger partial charge >= 0.3 is 0 Å². The topological polar surface area (TPSA) is 56.1 Å². The van der Waals surface area contributed by atoms with E-state index in [0.717, 1.165) is 41.5 Å². The van der Waals surface area contributed by atoms with Crippen molar-refractivity contribution in [2.24, 2.45) is 0 Å². The number of carbonyl (C=O) groups excluding carboxylic acids is 1. The number of halogens is 2. The van der Waals surface area contributed by atoms with Gasteiger partial charge in [0, 0.05) is 34.2 Å². The number of hydrogen-bond acceptors (Lipinski definition) is 4. The van der Waals surface area contributed by atoms with Crippen LogP contribution in [0.1, 0.15) is 40.8 Å². The van der Waals surface area contributed by atoms with Crippen molar-refractivity contribution in [3.05, 3.63) is 68.6 Å². The molecular weight excluding hydrogens is 453 g/mol. The maximum atomic E-state index is 12.6. The number of nitrogens with zero attached hydrogens (tertiary/aromatic N) is 2. The molecule has 1 aromatic carbocycles. The zero-order valence-corrected chi connectivity index (χ0v) is 19.9. The van der Waals surface area contributed by atoms with Gasteiger partial charge in [-0.15, -0.1) is 17.9 Å². The van der Waals surface area contributed by atoms with Gasteiger partial charge in [0.15, 0.2) is 0 Å². The summed E-state index contributed by atoms with van der Waals surface area (Å²) in [5, 5.41) is 6.72. The average Bonchev–Trinajstić information content (AvgIpc) is 3.32. The van der Waals surface area contributed by atoms with Crippen LogP contribution in [0.15, 0.2) is 42.3 Å². The fraction of sp³-hybridized carbons (Fsp3) is 0.304. The van der Waals surface area contributed by atoms with Crippen LogP contribution in [0.2, 0.25) is 10.0 Å². The van der Waals surface area contributed by atoms with Gasteiger partial charge in [-0.3, -0.25) is 4.79 Å². The van der Waals surface area contributed by atoms with Crippen molar-refractivity contribution < 1.29 is 9.53 Å². The lowest BCUT2D eigenvalue weighted by Crippen LogP contribution is -2.23. The molecule has 3 rings (SSSR count). The highest BCUT2D eigenvalue weighted by Gasteiger charge is 2.19. The molecule has 0 fully saturated rings. The van der Waals surface area contributed by atoms with Crippen molar-refractivity contribution in [3.8, 4) is 17.1 Å². The Balaban J connectivity index is 1.83. The lowest BCUT2D eigenvalue weighted by atomic mass is 10.2. The molecule has 2 heterocycles. The number of unbranched alkanes of at least 4 members (excludes halogenated alkanes) is 1. The minimum Gasteiger partial charge on any atom is -0.486 e. The van der Waals surface area contributed by atoms with Crippen molar-refractivity contribution in [2.75, 3.05) is 6.54 Å². The average molecular weight is 478 g/mol. The molecule has 0 aliphatic rings. The zero-order chi connectivity index (χ0) is 22.4. The monoisotopic (exact) mass is 477 g/mol. The molecule has 0 atom stereocenters. The van der Waals surface area contributed by atoms with Crippen LogP contribution in [0.25, 0.3) is 11.4 Å². The highest BCUT2D eigenvalue weighted by molar-refractivity contribution is 7.09. The Morgan fingerprint density at radius 2 is 2.03 bits per heavy atom. The van der Waals surface area contributed by atoms with E-state index in [9.17, 15) is 4.79 Å². The molecule has 3 aromatic rings. The molecular formula is C23H25Cl2N3O2S. The van der Waals surface area contributed by atoms with Gasteiger partial charge < -0.3 is 14.6 Å². The Bertz CT molecular complexity index is 1050. The van der Waals surface area contributed by atoms with E-state index >= 15 is 0 Å². The third kappa shape index (κ3) is 5.91. The number of aromatic nitrogens is 2. The second-order valence-corrected chi connectivity index (χ2v) is 8.87. The normalized spacial score (nSPS) is 10.8. The summed E-state index contributed by atoms with van der Waals surface area (Å²) < 4.78 is 7.98. The lowest BCUT2D eigenvalue weighted by Gasteiger charge is -2.10. The highest BCUT2D eigenvalue weighted by atomic mass is 35.5. The third-order valence-electron chi connectivity index (χ3n) is 4.77. The van der Waals surface area contributed by atoms with Gasteiger partial charge in [-0.2, -0.15) is 0 Å². The van der Waals surface area contributed by atoms with E-state index in [1.165, 1.54) is 11.3 Å². The van der Waals surface area contributed by atoms with Gasteiger partial charge in [0.25, 0.3) is 5.91 Å². The summed E-state index contributed by atoms with van der Waals surface area (Å²) in [6.45, 7) is 9.35. The van der Waals surface area contributed by atoms with Crippen LogP contribution in [0.4, 0.5) is 0 Å². The number of ether oxygens (including phenoxy) is 1. The number of rotatable bonds is 10. The third-order valence-corrected chi connectivity index (χ3v) is 6.02. The fourth-order valence-electron chi connectivity index (χ4n) is 3.20. The van der Waals surface area contributed by atoms with Crippen LogP contribution in [0, 0.1) is 6.92 Å². The van der Waals surface area contributed by atoms with Crippen LogP contribution in [-0.4, -0.2) is 22.0 Å². The molecule has 164 valence electrons. The van der Waals surface area contributed by atoms with Gasteiger partial charge in [-0.25, -0.2) is 4.98 Å². The Hall–Kier alpha value is -2.28. The molecule has 0 aliphatic carbocycles. The van der Waals surface area contributed by atoms with E-state index in [-0.39, 0.29) is 5.91 Å². The predicted octanol–water partition coefficient (Wildman–Crippen LogP) is 6.52. The van der Waals surface area contributed by atoms with Gasteiger partial charge in [0.05, 0.1) is 17.0 Å². The quantitative estimate of drug-likeness (QED) is 0.338. The number of nitrogens with one attached hydrogen (secondary N) is 1. The first kappa shape index (κ1) is 23.4. The van der Waals surface area contributed by atoms with E-state index in [4.69, 9.17) is 32.9 Å². The van der Waals surface area contributed by atoms with Gasteiger partial charge in [0.1, 0.15) is 17.4 Å². The summed E-state index contributed by atoms with van der Waals surface area (Å²) >= 11 is 13.6. The summed E-state index contributed by atoms with van der Waals surface area (Å²) in [6.07, 6.45) is 3.75. The van der Waals surface area contributed by atoms with Crippen molar-refractivity contribution >= 4 is 40.4 Å². The zero-order valence-electron chi connectivity index (χ0n) is 17.6. The molecule has 2 aromatic heterocycles. The fourth-order valence-corrected chi connectivity index (χ4v) is 4.41. The molecule has 31 heavy (non-hydrogen) atoms. The van der Waals surface area contributed by atoms with Crippen LogP contribution in [0.3, 0.4) is 0 Å². The number of carbonyl (C=O) groups is 1. The standard InChI is InChI=1S/C23H25Cl2N3O2S/c1-4-6-8-28-15(3)19(23(29)26-7-5-2)12-21(28)20-14-31-22(27-20)13-30-18-10-16(24)9-17(25)11-18/h5,9-12,14H,2,4,6-8,13H2,1,3H3,(H,26,29). The van der Waals surface area contributed by atoms with Crippen LogP contribution >= 0.6 is 34.5 Å². The van der Waals surface area contributed by atoms with Crippen LogP contribution < -0.4 is 10.1 Å². The molecule has 0 bridgehead atoms. The maximum absolute atomic E-state index is 12.6. The largest absolute Gasteiger partial charge is 0.486 e. The Labute approximate surface area is 196 Å². The number of amides is 1. The summed E-state index contributed by atoms with van der Waals surface area (Å²) in [4.78, 5) is 17.3. The molecule has 0 unspecified atom stereocenters. The smallest absolute Gasteiger partial charge is 0.253 e. The molecule has 0 radical (unpaired) electrons. The van der Waals surface area contributed by atoms with E-state index in [2.05, 4.69) is 23.4 Å². The Morgan fingerprint density at radius 3 is 2.71 bits per heavy atom. The molecule has 0 saturated carbocycles. The number of thiazole rings is 1. The van der Waals surface area contributed by atoms with Crippen molar-refractivity contribution in [1.82, 2.24) is 14.9 Å². The van der Waals surface area contributed by atoms with Gasteiger partial charge in [-0.05, 0) is 37.6 Å². The number of hydrogen-bond donors (Lipinski definition) is 1. The molecule has 0 aliphatic heterocycles. The van der Waals surface area contributed by atoms with Crippen molar-refractivity contribution in [1.29, 1.82) is 0 Å². The summed E-state index contributed by atoms with van der Waals surface area (Å²) in [7, 11) is 0. The summed E-state index contributed by atoms with van der Waals surface area (Å²) in [5.41, 5.74) is 3.36. The van der Waals surface area contributed by atoms with Crippen LogP contribution in [0.5, 0.6) is 5.75 Å². The molecule has 5 nitrogen and oxygen atoms in total. The lowest BCUT2D eigenvalue weighted by molar-refractivity contribution is 0.0957. The first-order chi connectivity index (χ1) is 14.9. The Kier molecular flexibility index (Phi) is 8.18. The molecule has 1 amide bonds. The van der Waals surface area contributed by atoms with Crippen molar-refractivity contribution in [2.45, 2.75) is 39.8 Å². The molecule has 0 saturated heterocycles. The van der Waals surface area contributed by atoms with Crippen molar-refractivity contribution in [3.63, 3.8) is 0 Å². The highest BCUT2D eigenvalue weighted by Crippen LogP contribution is 2.29. The van der Waals surface area contributed by atoms with E-state index in [1.54, 1.807) is 24.3 Å². The molecule has 8 heteroatoms. The summed E-state index contributed by atoms with van der Waals surface area (Å²) in [6, 6.07) is 7.01. The Morgan fingerprint density at radius 1 is 1.29 bits per heavy atom. The molecule has 0 spiro atoms. The summed E-state index contributed by atoms with van der Waals surface area (Å²) in [5.74, 6) is 0.489. The van der Waals surface area contributed by atoms with E-state index < -0.39 is 0 Å². The second kappa shape index (κ2) is 10.8. The van der Waals surface area contributed by atoms with E-state index in [1.807, 2.05) is 18.4 Å². The number of benzene rings is 1. The van der Waals surface area contributed by atoms with Crippen LogP contribution in [-0.2, 0) is 13.2 Å². The van der Waals surface area contributed by atoms with Gasteiger partial charge in [0.2, 0.25) is 0 Å². The minimum atomic E-state index is -0.106. The molecule has 1 N–H and O–H groups in total. The minimum absolute atomic E-state index is 0.106. The maximum Gasteiger partial charge on any atom is 0.253 e. The van der Waals surface area contributed by atoms with Gasteiger partial charge in [-0.1, -0.05) is 42.6 Å². The predicted molar refractivity (Wildman–Crippen MR) is 129 cm³/mol. The first-order valence-electron chi connectivity index (χ1n) is 10.1. The van der Waals surface area contributed by atoms with E-state index in [0.29, 0.717) is 34.5 Å².